The lowest BCUT2D eigenvalue weighted by atomic mass is 10.1. The minimum Gasteiger partial charge on any atom is -0.315 e. The minimum atomic E-state index is -0.442. The molecule has 6 nitrogen and oxygen atoms in total. The fraction of sp³-hybridized carbons (Fsp3) is 0.300. The summed E-state index contributed by atoms with van der Waals surface area (Å²) in [4.78, 5) is 34.2. The Labute approximate surface area is 212 Å². The number of hydrogen-bond donors (Lipinski definition) is 1. The predicted octanol–water partition coefficient (Wildman–Crippen LogP) is 6.79. The second kappa shape index (κ2) is 11.2. The molecule has 4 rings (SSSR count). The number of para-hydroxylation sites is 3. The van der Waals surface area contributed by atoms with Crippen LogP contribution >= 0.6 is 0 Å². The van der Waals surface area contributed by atoms with Gasteiger partial charge in [-0.1, -0.05) is 68.3 Å². The molecule has 0 saturated heterocycles. The Morgan fingerprint density at radius 2 is 1.61 bits per heavy atom. The van der Waals surface area contributed by atoms with Crippen molar-refractivity contribution < 1.29 is 4.79 Å². The zero-order chi connectivity index (χ0) is 25.7. The topological polar surface area (TPSA) is 67.2 Å². The molecule has 6 heteroatoms. The summed E-state index contributed by atoms with van der Waals surface area (Å²) in [5, 5.41) is 3.64. The summed E-state index contributed by atoms with van der Waals surface area (Å²) >= 11 is 0. The summed E-state index contributed by atoms with van der Waals surface area (Å²) in [7, 11) is 0. The highest BCUT2D eigenvalue weighted by Gasteiger charge is 2.27. The number of rotatable bonds is 8. The number of nitrogens with zero attached hydrogens (tertiary/aromatic N) is 3. The molecule has 186 valence electrons. The van der Waals surface area contributed by atoms with E-state index in [9.17, 15) is 9.59 Å². The van der Waals surface area contributed by atoms with E-state index in [2.05, 4.69) is 12.2 Å². The number of benzene rings is 3. The van der Waals surface area contributed by atoms with Crippen LogP contribution in [0.25, 0.3) is 16.6 Å². The first-order chi connectivity index (χ1) is 17.4. The zero-order valence-corrected chi connectivity index (χ0v) is 21.5. The largest absolute Gasteiger partial charge is 0.322 e. The number of aryl methyl sites for hydroxylation is 2. The molecule has 1 N–H and O–H groups in total. The first kappa shape index (κ1) is 25.2. The van der Waals surface area contributed by atoms with Gasteiger partial charge in [0.05, 0.1) is 22.6 Å². The molecule has 0 spiro atoms. The molecule has 0 radical (unpaired) electrons. The summed E-state index contributed by atoms with van der Waals surface area (Å²) in [6.07, 6.45) is 2.92. The number of fused-ring (bicyclic) bond motifs is 1. The molecule has 1 unspecified atom stereocenters. The summed E-state index contributed by atoms with van der Waals surface area (Å²) in [6.45, 7) is 8.61. The van der Waals surface area contributed by atoms with Crippen molar-refractivity contribution in [2.45, 2.75) is 53.0 Å². The van der Waals surface area contributed by atoms with Crippen LogP contribution in [0.3, 0.4) is 0 Å². The summed E-state index contributed by atoms with van der Waals surface area (Å²) in [5.74, 6) is 0.546. The maximum Gasteiger partial charge on any atom is 0.322 e. The van der Waals surface area contributed by atoms with Crippen molar-refractivity contribution in [1.82, 2.24) is 14.5 Å². The molecule has 0 aliphatic carbocycles. The van der Waals surface area contributed by atoms with Gasteiger partial charge in [-0.25, -0.2) is 9.78 Å². The maximum absolute atomic E-state index is 13.8. The van der Waals surface area contributed by atoms with Gasteiger partial charge >= 0.3 is 6.03 Å². The lowest BCUT2D eigenvalue weighted by Gasteiger charge is -2.31. The first-order valence-electron chi connectivity index (χ1n) is 12.6. The van der Waals surface area contributed by atoms with E-state index in [1.807, 2.05) is 87.5 Å². The van der Waals surface area contributed by atoms with Crippen LogP contribution in [0.1, 0.15) is 56.1 Å². The number of hydrogen-bond acceptors (Lipinski definition) is 3. The molecule has 0 saturated carbocycles. The highest BCUT2D eigenvalue weighted by molar-refractivity contribution is 5.90. The van der Waals surface area contributed by atoms with E-state index in [0.29, 0.717) is 23.3 Å². The smallest absolute Gasteiger partial charge is 0.315 e. The molecule has 3 aromatic carbocycles. The van der Waals surface area contributed by atoms with Crippen molar-refractivity contribution in [3.63, 3.8) is 0 Å². The number of carbonyl (C=O) groups excluding carboxylic acids is 1. The molecule has 4 aromatic rings. The van der Waals surface area contributed by atoms with Crippen molar-refractivity contribution in [1.29, 1.82) is 0 Å². The maximum atomic E-state index is 13.8. The van der Waals surface area contributed by atoms with Crippen LogP contribution in [0.2, 0.25) is 0 Å². The number of nitrogens with one attached hydrogen (secondary N) is 1. The third-order valence-electron chi connectivity index (χ3n) is 6.65. The van der Waals surface area contributed by atoms with Crippen molar-refractivity contribution >= 4 is 22.6 Å². The third kappa shape index (κ3) is 5.18. The molecule has 2 amide bonds. The molecule has 36 heavy (non-hydrogen) atoms. The van der Waals surface area contributed by atoms with E-state index in [-0.39, 0.29) is 11.6 Å². The van der Waals surface area contributed by atoms with Gasteiger partial charge in [0.15, 0.2) is 0 Å². The Kier molecular flexibility index (Phi) is 7.84. The number of amides is 2. The highest BCUT2D eigenvalue weighted by Crippen LogP contribution is 2.26. The van der Waals surface area contributed by atoms with Gasteiger partial charge < -0.3 is 10.2 Å². The van der Waals surface area contributed by atoms with Crippen LogP contribution in [-0.2, 0) is 0 Å². The van der Waals surface area contributed by atoms with Gasteiger partial charge in [-0.05, 0) is 62.6 Å². The number of urea groups is 1. The molecule has 0 aliphatic rings. The van der Waals surface area contributed by atoms with Gasteiger partial charge in [-0.2, -0.15) is 0 Å². The fourth-order valence-corrected chi connectivity index (χ4v) is 4.52. The number of carbonyl (C=O) groups is 1. The summed E-state index contributed by atoms with van der Waals surface area (Å²) in [6, 6.07) is 22.3. The zero-order valence-electron chi connectivity index (χ0n) is 21.5. The molecule has 1 heterocycles. The van der Waals surface area contributed by atoms with E-state index in [1.54, 1.807) is 15.5 Å². The van der Waals surface area contributed by atoms with Crippen LogP contribution < -0.4 is 10.9 Å². The van der Waals surface area contributed by atoms with Crippen molar-refractivity contribution in [2.24, 2.45) is 0 Å². The molecule has 1 atom stereocenters. The van der Waals surface area contributed by atoms with Gasteiger partial charge in [0.1, 0.15) is 5.82 Å². The second-order valence-corrected chi connectivity index (χ2v) is 9.24. The van der Waals surface area contributed by atoms with Gasteiger partial charge in [-0.15, -0.1) is 0 Å². The lowest BCUT2D eigenvalue weighted by Crippen LogP contribution is -2.40. The quantitative estimate of drug-likeness (QED) is 0.281. The summed E-state index contributed by atoms with van der Waals surface area (Å²) in [5.41, 5.74) is 4.00. The van der Waals surface area contributed by atoms with Gasteiger partial charge in [0.25, 0.3) is 5.56 Å². The standard InChI is InChI=1S/C30H34N4O2/c1-5-6-13-20-33(30(36)32-25-17-10-7-14-21(25)2)23(4)28-31-26-18-11-9-16-24(26)29(35)34(28)27-19-12-8-15-22(27)3/h7-12,14-19,23H,5-6,13,20H2,1-4H3,(H,32,36). The van der Waals surface area contributed by atoms with Crippen LogP contribution in [0.4, 0.5) is 10.5 Å². The Hall–Kier alpha value is -3.93. The average Bonchev–Trinajstić information content (AvgIpc) is 2.88. The van der Waals surface area contributed by atoms with Gasteiger partial charge in [0, 0.05) is 12.2 Å². The monoisotopic (exact) mass is 482 g/mol. The number of aromatic nitrogens is 2. The molecule has 0 aliphatic heterocycles. The van der Waals surface area contributed by atoms with Crippen LogP contribution in [0.15, 0.2) is 77.6 Å². The van der Waals surface area contributed by atoms with Crippen molar-refractivity contribution in [2.75, 3.05) is 11.9 Å². The molecular weight excluding hydrogens is 448 g/mol. The van der Waals surface area contributed by atoms with E-state index in [1.165, 1.54) is 0 Å². The summed E-state index contributed by atoms with van der Waals surface area (Å²) < 4.78 is 1.68. The van der Waals surface area contributed by atoms with Crippen LogP contribution in [0.5, 0.6) is 0 Å². The van der Waals surface area contributed by atoms with Gasteiger partial charge in [0.2, 0.25) is 0 Å². The third-order valence-corrected chi connectivity index (χ3v) is 6.65. The Balaban J connectivity index is 1.84. The van der Waals surface area contributed by atoms with Crippen LogP contribution in [0, 0.1) is 13.8 Å². The van der Waals surface area contributed by atoms with E-state index < -0.39 is 6.04 Å². The predicted molar refractivity (Wildman–Crippen MR) is 147 cm³/mol. The highest BCUT2D eigenvalue weighted by atomic mass is 16.2. The average molecular weight is 483 g/mol. The normalized spacial score (nSPS) is 11.9. The van der Waals surface area contributed by atoms with Crippen molar-refractivity contribution in [3.05, 3.63) is 100 Å². The minimum absolute atomic E-state index is 0.135. The first-order valence-corrected chi connectivity index (χ1v) is 12.6. The Bertz CT molecular complexity index is 1430. The van der Waals surface area contributed by atoms with E-state index in [0.717, 1.165) is 41.8 Å². The van der Waals surface area contributed by atoms with Gasteiger partial charge in [-0.3, -0.25) is 9.36 Å². The molecular formula is C30H34N4O2. The van der Waals surface area contributed by atoms with Crippen LogP contribution in [-0.4, -0.2) is 27.0 Å². The Morgan fingerprint density at radius 1 is 0.944 bits per heavy atom. The van der Waals surface area contributed by atoms with E-state index in [4.69, 9.17) is 4.98 Å². The molecule has 0 bridgehead atoms. The molecule has 0 fully saturated rings. The molecule has 1 aromatic heterocycles. The second-order valence-electron chi connectivity index (χ2n) is 9.24. The SMILES string of the molecule is CCCCCN(C(=O)Nc1ccccc1C)C(C)c1nc2ccccc2c(=O)n1-c1ccccc1C. The number of anilines is 1. The number of unbranched alkanes of at least 4 members (excludes halogenated alkanes) is 2. The fourth-order valence-electron chi connectivity index (χ4n) is 4.52. The van der Waals surface area contributed by atoms with Crippen molar-refractivity contribution in [3.8, 4) is 5.69 Å². The lowest BCUT2D eigenvalue weighted by molar-refractivity contribution is 0.187. The Morgan fingerprint density at radius 3 is 2.33 bits per heavy atom. The van der Waals surface area contributed by atoms with E-state index >= 15 is 0 Å².